The number of carbonyl (C=O) groups is 1. The zero-order valence-electron chi connectivity index (χ0n) is 10.6. The van der Waals surface area contributed by atoms with E-state index in [9.17, 15) is 14.9 Å². The molecule has 0 aliphatic carbocycles. The van der Waals surface area contributed by atoms with Crippen LogP contribution in [0.4, 0.5) is 11.4 Å². The lowest BCUT2D eigenvalue weighted by molar-refractivity contribution is -0.384. The van der Waals surface area contributed by atoms with Crippen molar-refractivity contribution in [2.45, 2.75) is 0 Å². The van der Waals surface area contributed by atoms with E-state index >= 15 is 0 Å². The van der Waals surface area contributed by atoms with Crippen molar-refractivity contribution in [3.63, 3.8) is 0 Å². The minimum Gasteiger partial charge on any atom is -0.368 e. The SMILES string of the molecule is O=C(NCNc1ccc([N+](=O)[O-])cc1)c1ccccc1. The molecule has 0 bridgehead atoms. The zero-order chi connectivity index (χ0) is 14.4. The number of nitro benzene ring substituents is 1. The van der Waals surface area contributed by atoms with Crippen LogP contribution in [0.3, 0.4) is 0 Å². The van der Waals surface area contributed by atoms with Crippen LogP contribution in [0.5, 0.6) is 0 Å². The quantitative estimate of drug-likeness (QED) is 0.497. The molecule has 20 heavy (non-hydrogen) atoms. The minimum absolute atomic E-state index is 0.0314. The Morgan fingerprint density at radius 3 is 2.30 bits per heavy atom. The number of anilines is 1. The number of non-ortho nitro benzene ring substituents is 1. The third kappa shape index (κ3) is 3.55. The molecule has 6 nitrogen and oxygen atoms in total. The summed E-state index contributed by atoms with van der Waals surface area (Å²) in [6, 6.07) is 14.9. The lowest BCUT2D eigenvalue weighted by Crippen LogP contribution is -2.28. The van der Waals surface area contributed by atoms with E-state index in [1.165, 1.54) is 12.1 Å². The molecule has 1 amide bonds. The minimum atomic E-state index is -0.457. The van der Waals surface area contributed by atoms with Gasteiger partial charge in [0.1, 0.15) is 0 Å². The van der Waals surface area contributed by atoms with E-state index in [0.717, 1.165) is 0 Å². The molecule has 2 N–H and O–H groups in total. The lowest BCUT2D eigenvalue weighted by atomic mass is 10.2. The van der Waals surface area contributed by atoms with Crippen molar-refractivity contribution in [3.8, 4) is 0 Å². The van der Waals surface area contributed by atoms with Gasteiger partial charge >= 0.3 is 0 Å². The smallest absolute Gasteiger partial charge is 0.269 e. The molecule has 0 heterocycles. The predicted octanol–water partition coefficient (Wildman–Crippen LogP) is 2.39. The van der Waals surface area contributed by atoms with Gasteiger partial charge in [0.05, 0.1) is 11.6 Å². The average Bonchev–Trinajstić information content (AvgIpc) is 2.48. The Morgan fingerprint density at radius 2 is 1.70 bits per heavy atom. The number of nitrogens with zero attached hydrogens (tertiary/aromatic N) is 1. The highest BCUT2D eigenvalue weighted by atomic mass is 16.6. The maximum Gasteiger partial charge on any atom is 0.269 e. The molecule has 0 fully saturated rings. The van der Waals surface area contributed by atoms with E-state index in [1.807, 2.05) is 6.07 Å². The van der Waals surface area contributed by atoms with Gasteiger partial charge < -0.3 is 10.6 Å². The summed E-state index contributed by atoms with van der Waals surface area (Å²) >= 11 is 0. The molecule has 0 aliphatic rings. The Hall–Kier alpha value is -2.89. The van der Waals surface area contributed by atoms with Gasteiger partial charge in [-0.25, -0.2) is 0 Å². The molecule has 2 aromatic carbocycles. The number of hydrogen-bond donors (Lipinski definition) is 2. The Balaban J connectivity index is 1.84. The number of nitrogens with one attached hydrogen (secondary N) is 2. The summed E-state index contributed by atoms with van der Waals surface area (Å²) in [5.41, 5.74) is 1.31. The molecule has 102 valence electrons. The maximum absolute atomic E-state index is 11.7. The van der Waals surface area contributed by atoms with E-state index in [4.69, 9.17) is 0 Å². The molecule has 0 saturated heterocycles. The molecule has 0 unspecified atom stereocenters. The third-order valence-corrected chi connectivity index (χ3v) is 2.66. The van der Waals surface area contributed by atoms with Crippen molar-refractivity contribution in [3.05, 3.63) is 70.3 Å². The fraction of sp³-hybridized carbons (Fsp3) is 0.0714. The van der Waals surface area contributed by atoms with E-state index in [-0.39, 0.29) is 18.3 Å². The first kappa shape index (κ1) is 13.5. The second-order valence-electron chi connectivity index (χ2n) is 4.03. The Kier molecular flexibility index (Phi) is 4.28. The van der Waals surface area contributed by atoms with Crippen LogP contribution in [-0.4, -0.2) is 17.5 Å². The van der Waals surface area contributed by atoms with Crippen LogP contribution >= 0.6 is 0 Å². The summed E-state index contributed by atoms with van der Waals surface area (Å²) in [7, 11) is 0. The summed E-state index contributed by atoms with van der Waals surface area (Å²) in [5, 5.41) is 16.2. The molecule has 2 rings (SSSR count). The Labute approximate surface area is 115 Å². The molecule has 0 atom stereocenters. The van der Waals surface area contributed by atoms with Gasteiger partial charge in [-0.2, -0.15) is 0 Å². The molecule has 6 heteroatoms. The molecular weight excluding hydrogens is 258 g/mol. The van der Waals surface area contributed by atoms with Crippen molar-refractivity contribution in [1.82, 2.24) is 5.32 Å². The third-order valence-electron chi connectivity index (χ3n) is 2.66. The second-order valence-corrected chi connectivity index (χ2v) is 4.03. The molecule has 0 aliphatic heterocycles. The zero-order valence-corrected chi connectivity index (χ0v) is 10.6. The van der Waals surface area contributed by atoms with Crippen LogP contribution in [0.1, 0.15) is 10.4 Å². The fourth-order valence-electron chi connectivity index (χ4n) is 1.62. The molecule has 0 saturated carbocycles. The molecule has 0 aromatic heterocycles. The van der Waals surface area contributed by atoms with Crippen molar-refractivity contribution in [2.75, 3.05) is 12.0 Å². The number of hydrogen-bond acceptors (Lipinski definition) is 4. The van der Waals surface area contributed by atoms with E-state index in [0.29, 0.717) is 11.3 Å². The van der Waals surface area contributed by atoms with Gasteiger partial charge in [0.2, 0.25) is 0 Å². The first-order chi connectivity index (χ1) is 9.66. The number of benzene rings is 2. The average molecular weight is 271 g/mol. The largest absolute Gasteiger partial charge is 0.368 e. The fourth-order valence-corrected chi connectivity index (χ4v) is 1.62. The van der Waals surface area contributed by atoms with Crippen LogP contribution in [0.2, 0.25) is 0 Å². The first-order valence-electron chi connectivity index (χ1n) is 5.98. The van der Waals surface area contributed by atoms with E-state index in [1.54, 1.807) is 36.4 Å². The van der Waals surface area contributed by atoms with Gasteiger partial charge in [0, 0.05) is 23.4 Å². The number of carbonyl (C=O) groups excluding carboxylic acids is 1. The van der Waals surface area contributed by atoms with Crippen LogP contribution in [0.15, 0.2) is 54.6 Å². The Bertz CT molecular complexity index is 597. The number of amides is 1. The summed E-state index contributed by atoms with van der Waals surface area (Å²) < 4.78 is 0. The van der Waals surface area contributed by atoms with Gasteiger partial charge in [0.25, 0.3) is 11.6 Å². The van der Waals surface area contributed by atoms with Gasteiger partial charge in [-0.1, -0.05) is 18.2 Å². The second kappa shape index (κ2) is 6.33. The van der Waals surface area contributed by atoms with Crippen molar-refractivity contribution < 1.29 is 9.72 Å². The molecule has 2 aromatic rings. The summed E-state index contributed by atoms with van der Waals surface area (Å²) in [6.07, 6.45) is 0. The van der Waals surface area contributed by atoms with E-state index in [2.05, 4.69) is 10.6 Å². The highest BCUT2D eigenvalue weighted by molar-refractivity contribution is 5.94. The highest BCUT2D eigenvalue weighted by Crippen LogP contribution is 2.14. The van der Waals surface area contributed by atoms with Gasteiger partial charge in [-0.3, -0.25) is 14.9 Å². The standard InChI is InChI=1S/C14H13N3O3/c18-14(11-4-2-1-3-5-11)16-10-15-12-6-8-13(9-7-12)17(19)20/h1-9,15H,10H2,(H,16,18). The van der Waals surface area contributed by atoms with Gasteiger partial charge in [0.15, 0.2) is 0 Å². The van der Waals surface area contributed by atoms with Crippen LogP contribution < -0.4 is 10.6 Å². The number of nitro groups is 1. The summed E-state index contributed by atoms with van der Waals surface area (Å²) in [6.45, 7) is 0.242. The summed E-state index contributed by atoms with van der Waals surface area (Å²) in [5.74, 6) is -0.181. The Morgan fingerprint density at radius 1 is 1.05 bits per heavy atom. The van der Waals surface area contributed by atoms with Crippen LogP contribution in [-0.2, 0) is 0 Å². The van der Waals surface area contributed by atoms with Crippen molar-refractivity contribution in [2.24, 2.45) is 0 Å². The predicted molar refractivity (Wildman–Crippen MR) is 75.5 cm³/mol. The van der Waals surface area contributed by atoms with Crippen LogP contribution in [0.25, 0.3) is 0 Å². The maximum atomic E-state index is 11.7. The van der Waals surface area contributed by atoms with Gasteiger partial charge in [-0.05, 0) is 24.3 Å². The monoisotopic (exact) mass is 271 g/mol. The van der Waals surface area contributed by atoms with E-state index < -0.39 is 4.92 Å². The molecular formula is C14H13N3O3. The topological polar surface area (TPSA) is 84.3 Å². The van der Waals surface area contributed by atoms with Crippen LogP contribution in [0, 0.1) is 10.1 Å². The summed E-state index contributed by atoms with van der Waals surface area (Å²) in [4.78, 5) is 21.8. The normalized spacial score (nSPS) is 9.80. The van der Waals surface area contributed by atoms with Crippen molar-refractivity contribution >= 4 is 17.3 Å². The number of rotatable bonds is 5. The molecule has 0 radical (unpaired) electrons. The van der Waals surface area contributed by atoms with Crippen molar-refractivity contribution in [1.29, 1.82) is 0 Å². The van der Waals surface area contributed by atoms with Gasteiger partial charge in [-0.15, -0.1) is 0 Å². The molecule has 0 spiro atoms. The first-order valence-corrected chi connectivity index (χ1v) is 5.98. The highest BCUT2D eigenvalue weighted by Gasteiger charge is 2.05. The lowest BCUT2D eigenvalue weighted by Gasteiger charge is -2.08.